The summed E-state index contributed by atoms with van der Waals surface area (Å²) in [5, 5.41) is 3.44. The number of hydrogen-bond acceptors (Lipinski definition) is 5. The first-order chi connectivity index (χ1) is 14.7. The lowest BCUT2D eigenvalue weighted by Crippen LogP contribution is -2.60. The lowest BCUT2D eigenvalue weighted by Gasteiger charge is -2.53. The van der Waals surface area contributed by atoms with Gasteiger partial charge in [-0.2, -0.15) is 0 Å². The number of anilines is 1. The van der Waals surface area contributed by atoms with E-state index in [0.717, 1.165) is 49.0 Å². The van der Waals surface area contributed by atoms with Crippen LogP contribution in [0.15, 0.2) is 71.8 Å². The molecular formula is C24H26N4O2. The van der Waals surface area contributed by atoms with E-state index in [1.165, 1.54) is 12.8 Å². The summed E-state index contributed by atoms with van der Waals surface area (Å²) in [6.45, 7) is 4.77. The molecule has 2 fully saturated rings. The third-order valence-corrected chi connectivity index (χ3v) is 6.18. The van der Waals surface area contributed by atoms with Crippen LogP contribution in [0.4, 0.5) is 5.82 Å². The Morgan fingerprint density at radius 2 is 1.83 bits per heavy atom. The number of aromatic nitrogens is 2. The van der Waals surface area contributed by atoms with Gasteiger partial charge in [0, 0.05) is 30.8 Å². The molecule has 30 heavy (non-hydrogen) atoms. The van der Waals surface area contributed by atoms with Crippen LogP contribution in [0.1, 0.15) is 18.4 Å². The Morgan fingerprint density at radius 3 is 2.53 bits per heavy atom. The Hall–Kier alpha value is -3.12. The predicted molar refractivity (Wildman–Crippen MR) is 117 cm³/mol. The smallest absolute Gasteiger partial charge is 0.255 e. The summed E-state index contributed by atoms with van der Waals surface area (Å²) in [6, 6.07) is 17.1. The van der Waals surface area contributed by atoms with Gasteiger partial charge in [0.1, 0.15) is 18.2 Å². The molecule has 1 N–H and O–H groups in total. The molecule has 1 aromatic carbocycles. The Morgan fingerprint density at radius 1 is 1.03 bits per heavy atom. The molecule has 0 aliphatic carbocycles. The topological polar surface area (TPSA) is 59.4 Å². The molecule has 0 atom stereocenters. The van der Waals surface area contributed by atoms with Crippen molar-refractivity contribution >= 4 is 5.82 Å². The first kappa shape index (κ1) is 18.9. The molecule has 0 radical (unpaired) electrons. The average molecular weight is 402 g/mol. The van der Waals surface area contributed by atoms with Crippen LogP contribution in [0, 0.1) is 5.41 Å². The van der Waals surface area contributed by atoms with Gasteiger partial charge in [-0.25, -0.2) is 4.98 Å². The van der Waals surface area contributed by atoms with Crippen molar-refractivity contribution in [3.8, 4) is 11.4 Å². The molecule has 4 heterocycles. The monoisotopic (exact) mass is 402 g/mol. The lowest BCUT2D eigenvalue weighted by atomic mass is 9.72. The second kappa shape index (κ2) is 7.95. The minimum absolute atomic E-state index is 0.0867. The largest absolute Gasteiger partial charge is 0.489 e. The summed E-state index contributed by atoms with van der Waals surface area (Å²) in [5.41, 5.74) is 2.01. The van der Waals surface area contributed by atoms with E-state index in [-0.39, 0.29) is 5.56 Å². The molecule has 5 rings (SSSR count). The molecule has 0 amide bonds. The molecule has 2 aliphatic rings. The minimum Gasteiger partial charge on any atom is -0.489 e. The molecule has 3 aromatic rings. The molecule has 2 aromatic heterocycles. The molecule has 2 saturated heterocycles. The van der Waals surface area contributed by atoms with E-state index in [9.17, 15) is 4.79 Å². The number of hydrogen-bond donors (Lipinski definition) is 1. The fraction of sp³-hybridized carbons (Fsp3) is 0.333. The molecule has 0 unspecified atom stereocenters. The van der Waals surface area contributed by atoms with Crippen LogP contribution in [0.3, 0.4) is 0 Å². The number of para-hydroxylation sites is 1. The second-order valence-corrected chi connectivity index (χ2v) is 8.33. The van der Waals surface area contributed by atoms with Crippen molar-refractivity contribution in [2.75, 3.05) is 31.1 Å². The van der Waals surface area contributed by atoms with Crippen molar-refractivity contribution < 1.29 is 4.74 Å². The Labute approximate surface area is 176 Å². The fourth-order valence-corrected chi connectivity index (χ4v) is 4.41. The molecule has 1 spiro atoms. The fourth-order valence-electron chi connectivity index (χ4n) is 4.41. The predicted octanol–water partition coefficient (Wildman–Crippen LogP) is 3.00. The van der Waals surface area contributed by atoms with E-state index in [4.69, 9.17) is 4.74 Å². The van der Waals surface area contributed by atoms with Crippen molar-refractivity contribution in [1.82, 2.24) is 14.9 Å². The van der Waals surface area contributed by atoms with Gasteiger partial charge in [-0.15, -0.1) is 0 Å². The second-order valence-electron chi connectivity index (χ2n) is 8.33. The van der Waals surface area contributed by atoms with Gasteiger partial charge < -0.3 is 15.0 Å². The average Bonchev–Trinajstić information content (AvgIpc) is 2.78. The zero-order chi connectivity index (χ0) is 20.4. The van der Waals surface area contributed by atoms with E-state index in [1.54, 1.807) is 23.0 Å². The number of rotatable bonds is 5. The number of pyridine rings is 2. The molecule has 154 valence electrons. The van der Waals surface area contributed by atoms with Crippen LogP contribution in [0.5, 0.6) is 5.75 Å². The van der Waals surface area contributed by atoms with Crippen molar-refractivity contribution in [3.05, 3.63) is 82.9 Å². The van der Waals surface area contributed by atoms with E-state index in [2.05, 4.69) is 15.2 Å². The van der Waals surface area contributed by atoms with Gasteiger partial charge in [0.15, 0.2) is 0 Å². The SMILES string of the molecule is O=c1cc(COc2ccccc2)ccn1-c1ccc(N2CC3(CCNCC3)C2)nc1. The van der Waals surface area contributed by atoms with E-state index < -0.39 is 0 Å². The van der Waals surface area contributed by atoms with Gasteiger partial charge >= 0.3 is 0 Å². The van der Waals surface area contributed by atoms with Crippen LogP contribution in [-0.2, 0) is 6.61 Å². The normalized spacial score (nSPS) is 17.5. The van der Waals surface area contributed by atoms with Gasteiger partial charge in [0.05, 0.1) is 11.9 Å². The Balaban J connectivity index is 1.24. The Kier molecular flexibility index (Phi) is 5.01. The summed E-state index contributed by atoms with van der Waals surface area (Å²) in [7, 11) is 0. The van der Waals surface area contributed by atoms with Crippen LogP contribution in [0.25, 0.3) is 5.69 Å². The van der Waals surface area contributed by atoms with Crippen LogP contribution in [-0.4, -0.2) is 35.7 Å². The highest BCUT2D eigenvalue weighted by Crippen LogP contribution is 2.40. The van der Waals surface area contributed by atoms with Gasteiger partial charge in [0.25, 0.3) is 5.56 Å². The first-order valence-corrected chi connectivity index (χ1v) is 10.5. The number of ether oxygens (including phenoxy) is 1. The lowest BCUT2D eigenvalue weighted by molar-refractivity contribution is 0.149. The maximum absolute atomic E-state index is 12.6. The van der Waals surface area contributed by atoms with E-state index in [1.807, 2.05) is 48.5 Å². The molecule has 6 nitrogen and oxygen atoms in total. The quantitative estimate of drug-likeness (QED) is 0.711. The summed E-state index contributed by atoms with van der Waals surface area (Å²) in [5.74, 6) is 1.78. The highest BCUT2D eigenvalue weighted by molar-refractivity contribution is 5.47. The van der Waals surface area contributed by atoms with Gasteiger partial charge in [0.2, 0.25) is 0 Å². The zero-order valence-electron chi connectivity index (χ0n) is 17.0. The number of piperidine rings is 1. The third-order valence-electron chi connectivity index (χ3n) is 6.18. The Bertz CT molecular complexity index is 1050. The van der Waals surface area contributed by atoms with Crippen molar-refractivity contribution in [2.24, 2.45) is 5.41 Å². The van der Waals surface area contributed by atoms with Crippen molar-refractivity contribution in [2.45, 2.75) is 19.4 Å². The molecular weight excluding hydrogens is 376 g/mol. The zero-order valence-corrected chi connectivity index (χ0v) is 17.0. The summed E-state index contributed by atoms with van der Waals surface area (Å²) >= 11 is 0. The maximum Gasteiger partial charge on any atom is 0.255 e. The molecule has 0 bridgehead atoms. The minimum atomic E-state index is -0.0867. The number of nitrogens with zero attached hydrogens (tertiary/aromatic N) is 3. The number of benzene rings is 1. The van der Waals surface area contributed by atoms with Crippen LogP contribution >= 0.6 is 0 Å². The van der Waals surface area contributed by atoms with Gasteiger partial charge in [-0.05, 0) is 61.8 Å². The molecule has 2 aliphatic heterocycles. The van der Waals surface area contributed by atoms with E-state index in [0.29, 0.717) is 12.0 Å². The molecule has 6 heteroatoms. The maximum atomic E-state index is 12.6. The summed E-state index contributed by atoms with van der Waals surface area (Å²) < 4.78 is 7.35. The number of nitrogens with one attached hydrogen (secondary N) is 1. The van der Waals surface area contributed by atoms with Crippen LogP contribution < -0.4 is 20.5 Å². The third kappa shape index (κ3) is 3.83. The first-order valence-electron chi connectivity index (χ1n) is 10.5. The summed E-state index contributed by atoms with van der Waals surface area (Å²) in [6.07, 6.45) is 6.06. The molecule has 0 saturated carbocycles. The van der Waals surface area contributed by atoms with Gasteiger partial charge in [-0.1, -0.05) is 18.2 Å². The van der Waals surface area contributed by atoms with Gasteiger partial charge in [-0.3, -0.25) is 9.36 Å². The van der Waals surface area contributed by atoms with Crippen molar-refractivity contribution in [3.63, 3.8) is 0 Å². The van der Waals surface area contributed by atoms with Crippen LogP contribution in [0.2, 0.25) is 0 Å². The standard InChI is InChI=1S/C24H26N4O2/c29-23-14-19(16-30-21-4-2-1-3-5-21)8-13-28(23)20-6-7-22(26-15-20)27-17-24(18-27)9-11-25-12-10-24/h1-8,13-15,25H,9-12,16-18H2. The highest BCUT2D eigenvalue weighted by Gasteiger charge is 2.43. The highest BCUT2D eigenvalue weighted by atomic mass is 16.5. The van der Waals surface area contributed by atoms with E-state index >= 15 is 0 Å². The summed E-state index contributed by atoms with van der Waals surface area (Å²) in [4.78, 5) is 19.6. The van der Waals surface area contributed by atoms with Crippen molar-refractivity contribution in [1.29, 1.82) is 0 Å².